The van der Waals surface area contributed by atoms with Gasteiger partial charge in [-0.25, -0.2) is 0 Å². The van der Waals surface area contributed by atoms with E-state index in [1.807, 2.05) is 29.2 Å². The van der Waals surface area contributed by atoms with Crippen LogP contribution in [0.5, 0.6) is 5.75 Å². The Balaban J connectivity index is 1.91. The number of carbonyl (C=O) groups is 1. The Labute approximate surface area is 143 Å². The predicted octanol–water partition coefficient (Wildman–Crippen LogP) is 2.86. The lowest BCUT2D eigenvalue weighted by molar-refractivity contribution is -0.117. The van der Waals surface area contributed by atoms with Crippen LogP contribution in [0, 0.1) is 0 Å². The fraction of sp³-hybridized carbons (Fsp3) is 0.421. The van der Waals surface area contributed by atoms with E-state index < -0.39 is 0 Å². The van der Waals surface area contributed by atoms with Gasteiger partial charge < -0.3 is 14.8 Å². The summed E-state index contributed by atoms with van der Waals surface area (Å²) in [7, 11) is 0. The van der Waals surface area contributed by atoms with Crippen molar-refractivity contribution >= 4 is 11.6 Å². The van der Waals surface area contributed by atoms with E-state index in [1.165, 1.54) is 0 Å². The van der Waals surface area contributed by atoms with Gasteiger partial charge in [0.1, 0.15) is 12.4 Å². The maximum atomic E-state index is 12.3. The second-order valence-corrected chi connectivity index (χ2v) is 5.76. The molecule has 1 aliphatic heterocycles. The molecule has 0 spiro atoms. The number of amides is 1. The molecule has 5 nitrogen and oxygen atoms in total. The van der Waals surface area contributed by atoms with Crippen LogP contribution in [-0.2, 0) is 9.53 Å². The third kappa shape index (κ3) is 5.83. The summed E-state index contributed by atoms with van der Waals surface area (Å²) in [5, 5.41) is 2.92. The van der Waals surface area contributed by atoms with Gasteiger partial charge in [0.25, 0.3) is 0 Å². The van der Waals surface area contributed by atoms with Gasteiger partial charge in [0.15, 0.2) is 0 Å². The fourth-order valence-electron chi connectivity index (χ4n) is 2.62. The number of carbonyl (C=O) groups excluding carboxylic acids is 1. The van der Waals surface area contributed by atoms with Crippen molar-refractivity contribution in [2.75, 3.05) is 38.2 Å². The van der Waals surface area contributed by atoms with Crippen LogP contribution >= 0.6 is 0 Å². The van der Waals surface area contributed by atoms with Gasteiger partial charge in [-0.15, -0.1) is 13.2 Å². The van der Waals surface area contributed by atoms with E-state index in [2.05, 4.69) is 18.5 Å². The standard InChI is InChI=1S/C19H26N2O3/c1-3-11-21(12-4-2)14-19(22)20-17-9-5-6-10-18(17)24-15-16-8-7-13-23-16/h3-6,9-10,16H,1-2,7-8,11-15H2,(H,20,22). The molecule has 1 saturated heterocycles. The van der Waals surface area contributed by atoms with E-state index in [-0.39, 0.29) is 18.6 Å². The summed E-state index contributed by atoms with van der Waals surface area (Å²) in [6, 6.07) is 7.46. The highest BCUT2D eigenvalue weighted by atomic mass is 16.5. The van der Waals surface area contributed by atoms with Crippen LogP contribution in [0.4, 0.5) is 5.69 Å². The minimum Gasteiger partial charge on any atom is -0.489 e. The number of benzene rings is 1. The number of ether oxygens (including phenoxy) is 2. The molecule has 1 atom stereocenters. The average molecular weight is 330 g/mol. The van der Waals surface area contributed by atoms with Crippen LogP contribution < -0.4 is 10.1 Å². The Morgan fingerprint density at radius 2 is 2.08 bits per heavy atom. The molecule has 1 aromatic rings. The maximum Gasteiger partial charge on any atom is 0.238 e. The number of hydrogen-bond donors (Lipinski definition) is 1. The van der Waals surface area contributed by atoms with Gasteiger partial charge in [-0.3, -0.25) is 9.69 Å². The monoisotopic (exact) mass is 330 g/mol. The predicted molar refractivity (Wildman–Crippen MR) is 96.4 cm³/mol. The second kappa shape index (κ2) is 9.90. The Hall–Kier alpha value is -2.11. The zero-order valence-corrected chi connectivity index (χ0v) is 14.1. The van der Waals surface area contributed by atoms with E-state index in [9.17, 15) is 4.79 Å². The normalized spacial score (nSPS) is 16.8. The van der Waals surface area contributed by atoms with Gasteiger partial charge in [0, 0.05) is 19.7 Å². The Morgan fingerprint density at radius 3 is 2.75 bits per heavy atom. The fourth-order valence-corrected chi connectivity index (χ4v) is 2.62. The molecule has 0 aliphatic carbocycles. The second-order valence-electron chi connectivity index (χ2n) is 5.76. The quantitative estimate of drug-likeness (QED) is 0.670. The van der Waals surface area contributed by atoms with Crippen LogP contribution in [0.3, 0.4) is 0 Å². The molecule has 1 fully saturated rings. The molecule has 1 aromatic carbocycles. The van der Waals surface area contributed by atoms with E-state index in [4.69, 9.17) is 9.47 Å². The molecular weight excluding hydrogens is 304 g/mol. The smallest absolute Gasteiger partial charge is 0.238 e. The Morgan fingerprint density at radius 1 is 1.33 bits per heavy atom. The number of anilines is 1. The van der Waals surface area contributed by atoms with Gasteiger partial charge in [0.2, 0.25) is 5.91 Å². The van der Waals surface area contributed by atoms with Crippen LogP contribution in [0.1, 0.15) is 12.8 Å². The first-order valence-corrected chi connectivity index (χ1v) is 8.30. The third-order valence-electron chi connectivity index (χ3n) is 3.75. The Bertz CT molecular complexity index is 543. The van der Waals surface area contributed by atoms with Crippen molar-refractivity contribution < 1.29 is 14.3 Å². The van der Waals surface area contributed by atoms with Gasteiger partial charge in [0.05, 0.1) is 18.3 Å². The molecule has 5 heteroatoms. The molecule has 130 valence electrons. The first-order valence-electron chi connectivity index (χ1n) is 8.30. The summed E-state index contributed by atoms with van der Waals surface area (Å²) in [5.41, 5.74) is 0.678. The summed E-state index contributed by atoms with van der Waals surface area (Å²) in [6.45, 7) is 10.3. The van der Waals surface area contributed by atoms with Crippen molar-refractivity contribution in [3.63, 3.8) is 0 Å². The zero-order valence-electron chi connectivity index (χ0n) is 14.1. The van der Waals surface area contributed by atoms with Gasteiger partial charge in [-0.2, -0.15) is 0 Å². The lowest BCUT2D eigenvalue weighted by Crippen LogP contribution is -2.33. The number of nitrogens with zero attached hydrogens (tertiary/aromatic N) is 1. The van der Waals surface area contributed by atoms with Crippen molar-refractivity contribution in [2.45, 2.75) is 18.9 Å². The van der Waals surface area contributed by atoms with Crippen molar-refractivity contribution in [3.8, 4) is 5.75 Å². The molecule has 0 bridgehead atoms. The molecule has 1 unspecified atom stereocenters. The molecule has 2 rings (SSSR count). The number of hydrogen-bond acceptors (Lipinski definition) is 4. The van der Waals surface area contributed by atoms with E-state index in [1.54, 1.807) is 12.2 Å². The van der Waals surface area contributed by atoms with Crippen molar-refractivity contribution in [1.29, 1.82) is 0 Å². The van der Waals surface area contributed by atoms with E-state index >= 15 is 0 Å². The molecular formula is C19H26N2O3. The highest BCUT2D eigenvalue weighted by Gasteiger charge is 2.17. The van der Waals surface area contributed by atoms with Crippen LogP contribution in [-0.4, -0.2) is 49.8 Å². The largest absolute Gasteiger partial charge is 0.489 e. The van der Waals surface area contributed by atoms with Crippen molar-refractivity contribution in [2.24, 2.45) is 0 Å². The van der Waals surface area contributed by atoms with E-state index in [0.717, 1.165) is 19.4 Å². The molecule has 1 amide bonds. The summed E-state index contributed by atoms with van der Waals surface area (Å²) >= 11 is 0. The third-order valence-corrected chi connectivity index (χ3v) is 3.75. The number of para-hydroxylation sites is 2. The topological polar surface area (TPSA) is 50.8 Å². The molecule has 1 N–H and O–H groups in total. The maximum absolute atomic E-state index is 12.3. The summed E-state index contributed by atoms with van der Waals surface area (Å²) in [6.07, 6.45) is 5.79. The van der Waals surface area contributed by atoms with Crippen LogP contribution in [0.2, 0.25) is 0 Å². The van der Waals surface area contributed by atoms with Gasteiger partial charge in [-0.05, 0) is 25.0 Å². The molecule has 1 heterocycles. The van der Waals surface area contributed by atoms with Crippen LogP contribution in [0.25, 0.3) is 0 Å². The zero-order chi connectivity index (χ0) is 17.2. The first kappa shape index (κ1) is 18.2. The molecule has 0 aromatic heterocycles. The SMILES string of the molecule is C=CCN(CC=C)CC(=O)Nc1ccccc1OCC1CCCO1. The molecule has 24 heavy (non-hydrogen) atoms. The summed E-state index contributed by atoms with van der Waals surface area (Å²) < 4.78 is 11.4. The minimum atomic E-state index is -0.0909. The van der Waals surface area contributed by atoms with Crippen LogP contribution in [0.15, 0.2) is 49.6 Å². The molecule has 0 radical (unpaired) electrons. The van der Waals surface area contributed by atoms with Gasteiger partial charge in [-0.1, -0.05) is 24.3 Å². The average Bonchev–Trinajstić information content (AvgIpc) is 3.08. The van der Waals surface area contributed by atoms with Crippen molar-refractivity contribution in [3.05, 3.63) is 49.6 Å². The highest BCUT2D eigenvalue weighted by molar-refractivity contribution is 5.93. The minimum absolute atomic E-state index is 0.0909. The van der Waals surface area contributed by atoms with E-state index in [0.29, 0.717) is 31.1 Å². The lowest BCUT2D eigenvalue weighted by Gasteiger charge is -2.19. The lowest BCUT2D eigenvalue weighted by atomic mass is 10.2. The number of rotatable bonds is 10. The highest BCUT2D eigenvalue weighted by Crippen LogP contribution is 2.25. The molecule has 1 aliphatic rings. The van der Waals surface area contributed by atoms with Crippen molar-refractivity contribution in [1.82, 2.24) is 4.90 Å². The summed E-state index contributed by atoms with van der Waals surface area (Å²) in [5.74, 6) is 0.576. The molecule has 0 saturated carbocycles. The van der Waals surface area contributed by atoms with Gasteiger partial charge >= 0.3 is 0 Å². The number of nitrogens with one attached hydrogen (secondary N) is 1. The first-order chi connectivity index (χ1) is 11.7. The summed E-state index contributed by atoms with van der Waals surface area (Å²) in [4.78, 5) is 14.2. The Kier molecular flexibility index (Phi) is 7.52.